The molecule has 1 aromatic carbocycles. The zero-order valence-electron chi connectivity index (χ0n) is 22.2. The highest BCUT2D eigenvalue weighted by molar-refractivity contribution is 5.55. The summed E-state index contributed by atoms with van der Waals surface area (Å²) in [4.78, 5) is 9.15. The molecule has 0 amide bonds. The summed E-state index contributed by atoms with van der Waals surface area (Å²) < 4.78 is 5.89. The summed E-state index contributed by atoms with van der Waals surface area (Å²) in [6, 6.07) is 9.01. The molecule has 3 heteroatoms. The lowest BCUT2D eigenvalue weighted by molar-refractivity contribution is 0.300. The molecule has 0 atom stereocenters. The molecule has 192 valence electrons. The molecule has 1 heterocycles. The third-order valence-corrected chi connectivity index (χ3v) is 8.58. The van der Waals surface area contributed by atoms with Crippen molar-refractivity contribution in [3.8, 4) is 17.1 Å². The molecule has 0 radical (unpaired) electrons. The maximum absolute atomic E-state index is 5.89. The quantitative estimate of drug-likeness (QED) is 0.255. The molecule has 0 aliphatic heterocycles. The fraction of sp³-hybridized carbons (Fsp3) is 0.688. The molecular formula is C32H48N2O. The summed E-state index contributed by atoms with van der Waals surface area (Å²) >= 11 is 0. The largest absolute Gasteiger partial charge is 0.490 e. The first-order valence-corrected chi connectivity index (χ1v) is 14.9. The van der Waals surface area contributed by atoms with Crippen LogP contribution in [0.25, 0.3) is 11.4 Å². The van der Waals surface area contributed by atoms with E-state index in [1.54, 1.807) is 0 Å². The second-order valence-corrected chi connectivity index (χ2v) is 11.3. The van der Waals surface area contributed by atoms with Gasteiger partial charge in [0.05, 0.1) is 19.0 Å². The van der Waals surface area contributed by atoms with Crippen LogP contribution in [0, 0.1) is 11.8 Å². The number of hydrogen-bond donors (Lipinski definition) is 0. The van der Waals surface area contributed by atoms with Crippen LogP contribution in [0.5, 0.6) is 5.75 Å². The van der Waals surface area contributed by atoms with Gasteiger partial charge in [0.2, 0.25) is 0 Å². The van der Waals surface area contributed by atoms with E-state index in [1.165, 1.54) is 108 Å². The van der Waals surface area contributed by atoms with Gasteiger partial charge in [0.25, 0.3) is 0 Å². The molecule has 2 aliphatic rings. The van der Waals surface area contributed by atoms with Gasteiger partial charge in [-0.15, -0.1) is 0 Å². The summed E-state index contributed by atoms with van der Waals surface area (Å²) in [5.41, 5.74) is 2.59. The third-order valence-electron chi connectivity index (χ3n) is 8.58. The highest BCUT2D eigenvalue weighted by Gasteiger charge is 2.22. The van der Waals surface area contributed by atoms with Crippen LogP contribution < -0.4 is 4.74 Å². The van der Waals surface area contributed by atoms with E-state index in [4.69, 9.17) is 4.74 Å². The minimum absolute atomic E-state index is 0.728. The first-order valence-electron chi connectivity index (χ1n) is 14.9. The number of nitrogens with zero attached hydrogens (tertiary/aromatic N) is 2. The second-order valence-electron chi connectivity index (χ2n) is 11.3. The fourth-order valence-electron chi connectivity index (χ4n) is 6.29. The van der Waals surface area contributed by atoms with Crippen LogP contribution >= 0.6 is 0 Å². The Hall–Kier alpha value is -1.90. The van der Waals surface area contributed by atoms with E-state index in [0.29, 0.717) is 0 Å². The standard InChI is InChI=1S/C32H48N2O/c1-2-3-4-6-12-27-15-17-28(18-16-27)29-19-21-30(22-20-29)32-33-24-31(25-34-32)35-23-10-5-7-11-26-13-8-9-14-26/h19-22,24-28H,2-18,23H2,1H3. The maximum Gasteiger partial charge on any atom is 0.159 e. The smallest absolute Gasteiger partial charge is 0.159 e. The highest BCUT2D eigenvalue weighted by atomic mass is 16.5. The summed E-state index contributed by atoms with van der Waals surface area (Å²) in [7, 11) is 0. The Balaban J connectivity index is 1.15. The predicted molar refractivity (Wildman–Crippen MR) is 147 cm³/mol. The molecule has 2 saturated carbocycles. The first kappa shape index (κ1) is 26.2. The zero-order chi connectivity index (χ0) is 24.1. The molecule has 2 aliphatic carbocycles. The van der Waals surface area contributed by atoms with Crippen LogP contribution in [-0.2, 0) is 0 Å². The topological polar surface area (TPSA) is 35.0 Å². The summed E-state index contributed by atoms with van der Waals surface area (Å²) in [6.45, 7) is 3.07. The molecule has 0 bridgehead atoms. The molecule has 4 rings (SSSR count). The average molecular weight is 477 g/mol. The van der Waals surface area contributed by atoms with E-state index in [-0.39, 0.29) is 0 Å². The van der Waals surface area contributed by atoms with Crippen LogP contribution in [0.1, 0.15) is 128 Å². The maximum atomic E-state index is 5.89. The number of hydrogen-bond acceptors (Lipinski definition) is 3. The van der Waals surface area contributed by atoms with Gasteiger partial charge in [-0.25, -0.2) is 9.97 Å². The Morgan fingerprint density at radius 2 is 1.34 bits per heavy atom. The van der Waals surface area contributed by atoms with Gasteiger partial charge in [0, 0.05) is 5.56 Å². The van der Waals surface area contributed by atoms with E-state index in [0.717, 1.165) is 47.9 Å². The SMILES string of the molecule is CCCCCCC1CCC(c2ccc(-c3ncc(OCCCCCC4CCCC4)cn3)cc2)CC1. The number of aromatic nitrogens is 2. The summed E-state index contributed by atoms with van der Waals surface area (Å²) in [5.74, 6) is 4.27. The monoisotopic (exact) mass is 476 g/mol. The highest BCUT2D eigenvalue weighted by Crippen LogP contribution is 2.38. The van der Waals surface area contributed by atoms with Crippen molar-refractivity contribution in [1.29, 1.82) is 0 Å². The van der Waals surface area contributed by atoms with E-state index in [9.17, 15) is 0 Å². The molecule has 0 N–H and O–H groups in total. The molecule has 2 fully saturated rings. The van der Waals surface area contributed by atoms with Crippen molar-refractivity contribution in [3.05, 3.63) is 42.2 Å². The Kier molecular flexibility index (Phi) is 10.9. The predicted octanol–water partition coefficient (Wildman–Crippen LogP) is 9.52. The van der Waals surface area contributed by atoms with Crippen molar-refractivity contribution in [2.24, 2.45) is 11.8 Å². The number of ether oxygens (including phenoxy) is 1. The molecule has 35 heavy (non-hydrogen) atoms. The normalized spacial score (nSPS) is 20.8. The Morgan fingerprint density at radius 1 is 0.714 bits per heavy atom. The lowest BCUT2D eigenvalue weighted by atomic mass is 9.77. The van der Waals surface area contributed by atoms with Gasteiger partial charge in [-0.05, 0) is 55.4 Å². The Bertz CT molecular complexity index is 818. The van der Waals surface area contributed by atoms with E-state index >= 15 is 0 Å². The second kappa shape index (κ2) is 14.6. The van der Waals surface area contributed by atoms with E-state index in [1.807, 2.05) is 12.4 Å². The molecule has 0 unspecified atom stereocenters. The minimum atomic E-state index is 0.728. The Labute approximate surface area is 214 Å². The van der Waals surface area contributed by atoms with Gasteiger partial charge in [0.1, 0.15) is 0 Å². The number of rotatable bonds is 14. The van der Waals surface area contributed by atoms with Gasteiger partial charge in [-0.2, -0.15) is 0 Å². The van der Waals surface area contributed by atoms with E-state index < -0.39 is 0 Å². The molecule has 0 saturated heterocycles. The number of unbranched alkanes of at least 4 members (excludes halogenated alkanes) is 5. The van der Waals surface area contributed by atoms with Gasteiger partial charge in [-0.1, -0.05) is 108 Å². The summed E-state index contributed by atoms with van der Waals surface area (Å²) in [6.07, 6.45) is 27.2. The fourth-order valence-corrected chi connectivity index (χ4v) is 6.29. The van der Waals surface area contributed by atoms with Crippen molar-refractivity contribution in [1.82, 2.24) is 9.97 Å². The van der Waals surface area contributed by atoms with Crippen molar-refractivity contribution in [2.45, 2.75) is 122 Å². The molecule has 2 aromatic rings. The van der Waals surface area contributed by atoms with Crippen molar-refractivity contribution < 1.29 is 4.74 Å². The van der Waals surface area contributed by atoms with Crippen molar-refractivity contribution >= 4 is 0 Å². The molecule has 3 nitrogen and oxygen atoms in total. The van der Waals surface area contributed by atoms with Gasteiger partial charge >= 0.3 is 0 Å². The molecule has 1 aromatic heterocycles. The van der Waals surface area contributed by atoms with Crippen LogP contribution in [0.15, 0.2) is 36.7 Å². The molecule has 0 spiro atoms. The lowest BCUT2D eigenvalue weighted by Gasteiger charge is -2.29. The van der Waals surface area contributed by atoms with Crippen LogP contribution in [0.3, 0.4) is 0 Å². The van der Waals surface area contributed by atoms with Crippen LogP contribution in [0.2, 0.25) is 0 Å². The first-order chi connectivity index (χ1) is 17.3. The van der Waals surface area contributed by atoms with Crippen molar-refractivity contribution in [3.63, 3.8) is 0 Å². The van der Waals surface area contributed by atoms with Gasteiger partial charge < -0.3 is 4.74 Å². The molecular weight excluding hydrogens is 428 g/mol. The average Bonchev–Trinajstić information content (AvgIpc) is 3.43. The Morgan fingerprint density at radius 3 is 2.00 bits per heavy atom. The summed E-state index contributed by atoms with van der Waals surface area (Å²) in [5, 5.41) is 0. The van der Waals surface area contributed by atoms with Gasteiger partial charge in [0.15, 0.2) is 11.6 Å². The van der Waals surface area contributed by atoms with E-state index in [2.05, 4.69) is 41.2 Å². The minimum Gasteiger partial charge on any atom is -0.490 e. The number of benzene rings is 1. The van der Waals surface area contributed by atoms with Crippen LogP contribution in [-0.4, -0.2) is 16.6 Å². The van der Waals surface area contributed by atoms with Crippen molar-refractivity contribution in [2.75, 3.05) is 6.61 Å². The van der Waals surface area contributed by atoms with Crippen LogP contribution in [0.4, 0.5) is 0 Å². The third kappa shape index (κ3) is 8.62. The lowest BCUT2D eigenvalue weighted by Crippen LogP contribution is -2.13. The zero-order valence-corrected chi connectivity index (χ0v) is 22.2. The van der Waals surface area contributed by atoms with Gasteiger partial charge in [-0.3, -0.25) is 0 Å².